The summed E-state index contributed by atoms with van der Waals surface area (Å²) in [5.41, 5.74) is 2.08. The fraction of sp³-hybridized carbons (Fsp3) is 0.538. The van der Waals surface area contributed by atoms with Gasteiger partial charge in [0.05, 0.1) is 0 Å². The van der Waals surface area contributed by atoms with E-state index in [1.165, 1.54) is 32.1 Å². The van der Waals surface area contributed by atoms with E-state index in [9.17, 15) is 5.11 Å². The molecule has 0 saturated heterocycles. The van der Waals surface area contributed by atoms with Crippen LogP contribution < -0.4 is 5.32 Å². The maximum atomic E-state index is 9.42. The van der Waals surface area contributed by atoms with Gasteiger partial charge in [-0.2, -0.15) is 0 Å². The van der Waals surface area contributed by atoms with Gasteiger partial charge in [0.25, 0.3) is 0 Å². The maximum absolute atomic E-state index is 9.42. The van der Waals surface area contributed by atoms with Crippen LogP contribution in [0, 0.1) is 6.92 Å². The summed E-state index contributed by atoms with van der Waals surface area (Å²) in [5, 5.41) is 13.0. The van der Waals surface area contributed by atoms with Gasteiger partial charge in [0.1, 0.15) is 5.75 Å². The van der Waals surface area contributed by atoms with Crippen molar-refractivity contribution in [1.82, 2.24) is 0 Å². The molecule has 0 radical (unpaired) electrons. The topological polar surface area (TPSA) is 32.3 Å². The van der Waals surface area contributed by atoms with E-state index < -0.39 is 0 Å². The predicted molar refractivity (Wildman–Crippen MR) is 63.3 cm³/mol. The molecular formula is C13H19NO. The molecule has 0 amide bonds. The molecule has 0 spiro atoms. The minimum atomic E-state index is 0.379. The molecule has 2 nitrogen and oxygen atoms in total. The van der Waals surface area contributed by atoms with Gasteiger partial charge in [0.15, 0.2) is 0 Å². The largest absolute Gasteiger partial charge is 0.508 e. The van der Waals surface area contributed by atoms with Crippen molar-refractivity contribution in [2.24, 2.45) is 0 Å². The first-order valence-electron chi connectivity index (χ1n) is 5.82. The molecule has 1 aliphatic carbocycles. The van der Waals surface area contributed by atoms with Crippen molar-refractivity contribution >= 4 is 5.69 Å². The lowest BCUT2D eigenvalue weighted by molar-refractivity contribution is 0.461. The van der Waals surface area contributed by atoms with Crippen LogP contribution in [0.2, 0.25) is 0 Å². The van der Waals surface area contributed by atoms with E-state index in [2.05, 4.69) is 5.32 Å². The van der Waals surface area contributed by atoms with Crippen molar-refractivity contribution in [3.8, 4) is 5.75 Å². The van der Waals surface area contributed by atoms with E-state index in [-0.39, 0.29) is 0 Å². The Morgan fingerprint density at radius 3 is 2.60 bits per heavy atom. The molecule has 2 heteroatoms. The standard InChI is InChI=1S/C13H19NO/c1-10-9-12(7-8-13(10)15)14-11-5-3-2-4-6-11/h7-9,11,14-15H,2-6H2,1H3. The molecule has 0 atom stereocenters. The summed E-state index contributed by atoms with van der Waals surface area (Å²) in [6.45, 7) is 1.93. The van der Waals surface area contributed by atoms with Crippen LogP contribution in [0.15, 0.2) is 18.2 Å². The average molecular weight is 205 g/mol. The van der Waals surface area contributed by atoms with Crippen LogP contribution in [0.1, 0.15) is 37.7 Å². The smallest absolute Gasteiger partial charge is 0.118 e. The Kier molecular flexibility index (Phi) is 3.14. The van der Waals surface area contributed by atoms with E-state index in [1.807, 2.05) is 19.1 Å². The SMILES string of the molecule is Cc1cc(NC2CCCCC2)ccc1O. The summed E-state index contributed by atoms with van der Waals surface area (Å²) in [7, 11) is 0. The molecule has 0 bridgehead atoms. The Labute approximate surface area is 91.3 Å². The highest BCUT2D eigenvalue weighted by atomic mass is 16.3. The first-order valence-corrected chi connectivity index (χ1v) is 5.82. The molecule has 82 valence electrons. The van der Waals surface area contributed by atoms with E-state index >= 15 is 0 Å². The van der Waals surface area contributed by atoms with Crippen LogP contribution >= 0.6 is 0 Å². The van der Waals surface area contributed by atoms with Crippen LogP contribution in [0.25, 0.3) is 0 Å². The monoisotopic (exact) mass is 205 g/mol. The number of anilines is 1. The van der Waals surface area contributed by atoms with Gasteiger partial charge in [-0.3, -0.25) is 0 Å². The van der Waals surface area contributed by atoms with E-state index in [0.717, 1.165) is 11.3 Å². The third-order valence-electron chi connectivity index (χ3n) is 3.17. The van der Waals surface area contributed by atoms with Crippen molar-refractivity contribution in [2.45, 2.75) is 45.1 Å². The minimum absolute atomic E-state index is 0.379. The molecule has 1 fully saturated rings. The van der Waals surface area contributed by atoms with Gasteiger partial charge in [-0.05, 0) is 43.5 Å². The van der Waals surface area contributed by atoms with E-state index in [0.29, 0.717) is 11.8 Å². The molecular weight excluding hydrogens is 186 g/mol. The number of aryl methyl sites for hydroxylation is 1. The van der Waals surface area contributed by atoms with Gasteiger partial charge in [-0.1, -0.05) is 19.3 Å². The van der Waals surface area contributed by atoms with Crippen molar-refractivity contribution < 1.29 is 5.11 Å². The summed E-state index contributed by atoms with van der Waals surface area (Å²) < 4.78 is 0. The molecule has 0 aromatic heterocycles. The molecule has 1 aliphatic rings. The fourth-order valence-electron chi connectivity index (χ4n) is 2.23. The summed E-state index contributed by atoms with van der Waals surface area (Å²) in [5.74, 6) is 0.379. The van der Waals surface area contributed by atoms with Crippen LogP contribution in [0.3, 0.4) is 0 Å². The number of rotatable bonds is 2. The molecule has 15 heavy (non-hydrogen) atoms. The molecule has 0 aliphatic heterocycles. The molecule has 2 rings (SSSR count). The number of benzene rings is 1. The summed E-state index contributed by atoms with van der Waals surface area (Å²) in [6.07, 6.45) is 6.62. The van der Waals surface area contributed by atoms with Gasteiger partial charge >= 0.3 is 0 Å². The van der Waals surface area contributed by atoms with Crippen molar-refractivity contribution in [3.63, 3.8) is 0 Å². The minimum Gasteiger partial charge on any atom is -0.508 e. The number of phenols is 1. The Bertz CT molecular complexity index is 329. The summed E-state index contributed by atoms with van der Waals surface area (Å²) in [6, 6.07) is 6.36. The fourth-order valence-corrected chi connectivity index (χ4v) is 2.23. The number of phenolic OH excluding ortho intramolecular Hbond substituents is 1. The van der Waals surface area contributed by atoms with Gasteiger partial charge < -0.3 is 10.4 Å². The van der Waals surface area contributed by atoms with Crippen molar-refractivity contribution in [2.75, 3.05) is 5.32 Å². The number of nitrogens with one attached hydrogen (secondary N) is 1. The first-order chi connectivity index (χ1) is 7.25. The van der Waals surface area contributed by atoms with Crippen LogP contribution in [0.4, 0.5) is 5.69 Å². The van der Waals surface area contributed by atoms with Gasteiger partial charge in [-0.25, -0.2) is 0 Å². The highest BCUT2D eigenvalue weighted by Crippen LogP contribution is 2.24. The van der Waals surface area contributed by atoms with Gasteiger partial charge in [0, 0.05) is 11.7 Å². The second-order valence-electron chi connectivity index (χ2n) is 4.48. The average Bonchev–Trinajstić information content (AvgIpc) is 2.25. The lowest BCUT2D eigenvalue weighted by Crippen LogP contribution is -2.22. The Morgan fingerprint density at radius 2 is 1.93 bits per heavy atom. The number of aromatic hydroxyl groups is 1. The molecule has 1 saturated carbocycles. The summed E-state index contributed by atoms with van der Waals surface area (Å²) >= 11 is 0. The van der Waals surface area contributed by atoms with E-state index in [4.69, 9.17) is 0 Å². The zero-order valence-electron chi connectivity index (χ0n) is 9.29. The highest BCUT2D eigenvalue weighted by Gasteiger charge is 2.12. The summed E-state index contributed by atoms with van der Waals surface area (Å²) in [4.78, 5) is 0. The number of hydrogen-bond acceptors (Lipinski definition) is 2. The lowest BCUT2D eigenvalue weighted by atomic mass is 9.95. The first kappa shape index (κ1) is 10.3. The van der Waals surface area contributed by atoms with Crippen LogP contribution in [-0.4, -0.2) is 11.1 Å². The Morgan fingerprint density at radius 1 is 1.20 bits per heavy atom. The maximum Gasteiger partial charge on any atom is 0.118 e. The lowest BCUT2D eigenvalue weighted by Gasteiger charge is -2.24. The zero-order valence-corrected chi connectivity index (χ0v) is 9.29. The predicted octanol–water partition coefficient (Wildman–Crippen LogP) is 3.45. The molecule has 2 N–H and O–H groups in total. The number of hydrogen-bond donors (Lipinski definition) is 2. The molecule has 1 aromatic rings. The molecule has 1 aromatic carbocycles. The third kappa shape index (κ3) is 2.65. The molecule has 0 heterocycles. The molecule has 0 unspecified atom stereocenters. The van der Waals surface area contributed by atoms with E-state index in [1.54, 1.807) is 6.07 Å². The normalized spacial score (nSPS) is 17.7. The Balaban J connectivity index is 2.00. The van der Waals surface area contributed by atoms with Crippen LogP contribution in [0.5, 0.6) is 5.75 Å². The second-order valence-corrected chi connectivity index (χ2v) is 4.48. The Hall–Kier alpha value is -1.18. The zero-order chi connectivity index (χ0) is 10.7. The second kappa shape index (κ2) is 4.56. The van der Waals surface area contributed by atoms with Crippen molar-refractivity contribution in [3.05, 3.63) is 23.8 Å². The van der Waals surface area contributed by atoms with Crippen molar-refractivity contribution in [1.29, 1.82) is 0 Å². The highest BCUT2D eigenvalue weighted by molar-refractivity contribution is 5.50. The van der Waals surface area contributed by atoms with Gasteiger partial charge in [0.2, 0.25) is 0 Å². The van der Waals surface area contributed by atoms with Gasteiger partial charge in [-0.15, -0.1) is 0 Å². The van der Waals surface area contributed by atoms with Crippen LogP contribution in [-0.2, 0) is 0 Å². The quantitative estimate of drug-likeness (QED) is 0.725. The third-order valence-corrected chi connectivity index (χ3v) is 3.17.